The standard InChI is InChI=1S/C8H6ClNO3/c9-5-8(11)6-2-1-3-7(4-6)10(12)13/h1-4H,5H2. The molecular formula is C8H6ClNO3. The minimum Gasteiger partial charge on any atom is -0.293 e. The Bertz CT molecular complexity index is 351. The lowest BCUT2D eigenvalue weighted by molar-refractivity contribution is -0.384. The number of nitro groups is 1. The zero-order valence-corrected chi connectivity index (χ0v) is 7.32. The number of carbonyl (C=O) groups is 1. The van der Waals surface area contributed by atoms with Crippen LogP contribution in [-0.2, 0) is 0 Å². The van der Waals surface area contributed by atoms with E-state index in [1.54, 1.807) is 0 Å². The first-order chi connectivity index (χ1) is 6.15. The Morgan fingerprint density at radius 3 is 2.77 bits per heavy atom. The quantitative estimate of drug-likeness (QED) is 0.324. The molecule has 0 unspecified atom stereocenters. The molecule has 0 atom stereocenters. The molecule has 0 aliphatic carbocycles. The van der Waals surface area contributed by atoms with Gasteiger partial charge in [0.15, 0.2) is 5.78 Å². The molecule has 5 heteroatoms. The van der Waals surface area contributed by atoms with Crippen LogP contribution in [0.1, 0.15) is 10.4 Å². The maximum atomic E-state index is 11.0. The van der Waals surface area contributed by atoms with Crippen LogP contribution in [-0.4, -0.2) is 16.6 Å². The second-order valence-corrected chi connectivity index (χ2v) is 2.63. The summed E-state index contributed by atoms with van der Waals surface area (Å²) in [6.07, 6.45) is 0. The van der Waals surface area contributed by atoms with Crippen molar-refractivity contribution in [3.05, 3.63) is 39.9 Å². The Hall–Kier alpha value is -1.42. The molecule has 13 heavy (non-hydrogen) atoms. The van der Waals surface area contributed by atoms with Gasteiger partial charge in [0.2, 0.25) is 0 Å². The van der Waals surface area contributed by atoms with Crippen LogP contribution in [0.4, 0.5) is 5.69 Å². The smallest absolute Gasteiger partial charge is 0.270 e. The van der Waals surface area contributed by atoms with Crippen molar-refractivity contribution >= 4 is 23.1 Å². The molecule has 0 amide bonds. The molecule has 1 aromatic rings. The summed E-state index contributed by atoms with van der Waals surface area (Å²) in [6.45, 7) is 0. The van der Waals surface area contributed by atoms with E-state index in [0.29, 0.717) is 0 Å². The van der Waals surface area contributed by atoms with Crippen molar-refractivity contribution in [1.29, 1.82) is 0 Å². The topological polar surface area (TPSA) is 60.2 Å². The van der Waals surface area contributed by atoms with Gasteiger partial charge in [0.25, 0.3) is 5.69 Å². The molecule has 0 heterocycles. The van der Waals surface area contributed by atoms with Gasteiger partial charge in [-0.2, -0.15) is 0 Å². The zero-order valence-electron chi connectivity index (χ0n) is 6.57. The summed E-state index contributed by atoms with van der Waals surface area (Å²) in [5.41, 5.74) is 0.167. The highest BCUT2D eigenvalue weighted by atomic mass is 35.5. The average Bonchev–Trinajstić information content (AvgIpc) is 2.17. The molecule has 1 rings (SSSR count). The van der Waals surface area contributed by atoms with Crippen molar-refractivity contribution in [2.24, 2.45) is 0 Å². The Morgan fingerprint density at radius 2 is 2.23 bits per heavy atom. The van der Waals surface area contributed by atoms with E-state index in [4.69, 9.17) is 11.6 Å². The number of alkyl halides is 1. The summed E-state index contributed by atoms with van der Waals surface area (Å²) in [6, 6.07) is 5.49. The number of carbonyl (C=O) groups excluding carboxylic acids is 1. The number of halogens is 1. The number of benzene rings is 1. The van der Waals surface area contributed by atoms with Crippen molar-refractivity contribution in [3.8, 4) is 0 Å². The molecule has 4 nitrogen and oxygen atoms in total. The predicted molar refractivity (Wildman–Crippen MR) is 48.1 cm³/mol. The van der Waals surface area contributed by atoms with E-state index in [2.05, 4.69) is 0 Å². The minimum atomic E-state index is -0.551. The van der Waals surface area contributed by atoms with Crippen molar-refractivity contribution in [2.75, 3.05) is 5.88 Å². The molecule has 0 bridgehead atoms. The van der Waals surface area contributed by atoms with Crippen LogP contribution in [0.15, 0.2) is 24.3 Å². The zero-order chi connectivity index (χ0) is 9.84. The van der Waals surface area contributed by atoms with Gasteiger partial charge in [-0.25, -0.2) is 0 Å². The number of nitro benzene ring substituents is 1. The Kier molecular flexibility index (Phi) is 2.97. The van der Waals surface area contributed by atoms with E-state index in [1.165, 1.54) is 24.3 Å². The maximum Gasteiger partial charge on any atom is 0.270 e. The third-order valence-corrected chi connectivity index (χ3v) is 1.74. The Balaban J connectivity index is 3.05. The van der Waals surface area contributed by atoms with E-state index in [0.717, 1.165) is 0 Å². The lowest BCUT2D eigenvalue weighted by atomic mass is 10.1. The summed E-state index contributed by atoms with van der Waals surface area (Å²) in [7, 11) is 0. The van der Waals surface area contributed by atoms with Crippen LogP contribution in [0.3, 0.4) is 0 Å². The molecule has 0 aliphatic heterocycles. The Morgan fingerprint density at radius 1 is 1.54 bits per heavy atom. The van der Waals surface area contributed by atoms with Crippen molar-refractivity contribution in [3.63, 3.8) is 0 Å². The highest BCUT2D eigenvalue weighted by molar-refractivity contribution is 6.30. The number of hydrogen-bond donors (Lipinski definition) is 0. The predicted octanol–water partition coefficient (Wildman–Crippen LogP) is 2.02. The molecule has 0 aliphatic rings. The highest BCUT2D eigenvalue weighted by Gasteiger charge is 2.09. The first-order valence-corrected chi connectivity index (χ1v) is 4.02. The lowest BCUT2D eigenvalue weighted by Crippen LogP contribution is -2.00. The van der Waals surface area contributed by atoms with Crippen molar-refractivity contribution in [1.82, 2.24) is 0 Å². The molecule has 0 saturated heterocycles. The lowest BCUT2D eigenvalue weighted by Gasteiger charge is -1.95. The second kappa shape index (κ2) is 4.00. The van der Waals surface area contributed by atoms with Crippen LogP contribution in [0.25, 0.3) is 0 Å². The first-order valence-electron chi connectivity index (χ1n) is 3.49. The monoisotopic (exact) mass is 199 g/mol. The third kappa shape index (κ3) is 2.26. The molecule has 0 spiro atoms. The highest BCUT2D eigenvalue weighted by Crippen LogP contribution is 2.13. The maximum absolute atomic E-state index is 11.0. The van der Waals surface area contributed by atoms with E-state index in [1.807, 2.05) is 0 Å². The number of rotatable bonds is 3. The van der Waals surface area contributed by atoms with Gasteiger partial charge >= 0.3 is 0 Å². The SMILES string of the molecule is O=C(CCl)c1cccc([N+](=O)[O-])c1. The number of non-ortho nitro benzene ring substituents is 1. The molecule has 0 aromatic heterocycles. The Labute approximate surface area is 79.3 Å². The normalized spacial score (nSPS) is 9.62. The van der Waals surface area contributed by atoms with E-state index < -0.39 is 4.92 Å². The molecule has 0 N–H and O–H groups in total. The summed E-state index contributed by atoms with van der Waals surface area (Å²) in [4.78, 5) is 20.8. The van der Waals surface area contributed by atoms with Gasteiger partial charge in [0.1, 0.15) is 0 Å². The molecule has 1 aromatic carbocycles. The van der Waals surface area contributed by atoms with Crippen LogP contribution in [0.2, 0.25) is 0 Å². The molecular weight excluding hydrogens is 194 g/mol. The van der Waals surface area contributed by atoms with Crippen LogP contribution in [0.5, 0.6) is 0 Å². The van der Waals surface area contributed by atoms with Gasteiger partial charge in [-0.15, -0.1) is 11.6 Å². The van der Waals surface area contributed by atoms with Crippen molar-refractivity contribution < 1.29 is 9.72 Å². The minimum absolute atomic E-state index is 0.101. The third-order valence-electron chi connectivity index (χ3n) is 1.50. The number of Topliss-reactive ketones (excluding diaryl/α,β-unsaturated/α-hetero) is 1. The summed E-state index contributed by atoms with van der Waals surface area (Å²) in [5, 5.41) is 10.3. The van der Waals surface area contributed by atoms with Crippen LogP contribution < -0.4 is 0 Å². The van der Waals surface area contributed by atoms with E-state index in [-0.39, 0.29) is 22.9 Å². The molecule has 68 valence electrons. The first kappa shape index (κ1) is 9.67. The fourth-order valence-corrected chi connectivity index (χ4v) is 1.02. The van der Waals surface area contributed by atoms with Gasteiger partial charge in [-0.1, -0.05) is 12.1 Å². The number of hydrogen-bond acceptors (Lipinski definition) is 3. The summed E-state index contributed by atoms with van der Waals surface area (Å²) >= 11 is 5.30. The fourth-order valence-electron chi connectivity index (χ4n) is 0.870. The van der Waals surface area contributed by atoms with Gasteiger partial charge in [-0.3, -0.25) is 14.9 Å². The van der Waals surface area contributed by atoms with Gasteiger partial charge in [-0.05, 0) is 0 Å². The average molecular weight is 200 g/mol. The molecule has 0 radical (unpaired) electrons. The number of ketones is 1. The molecule has 0 saturated carbocycles. The second-order valence-electron chi connectivity index (χ2n) is 2.36. The van der Waals surface area contributed by atoms with Crippen LogP contribution in [0, 0.1) is 10.1 Å². The largest absolute Gasteiger partial charge is 0.293 e. The van der Waals surface area contributed by atoms with Gasteiger partial charge in [0.05, 0.1) is 10.8 Å². The molecule has 0 fully saturated rings. The van der Waals surface area contributed by atoms with Gasteiger partial charge < -0.3 is 0 Å². The summed E-state index contributed by atoms with van der Waals surface area (Å²) < 4.78 is 0. The van der Waals surface area contributed by atoms with E-state index >= 15 is 0 Å². The van der Waals surface area contributed by atoms with Crippen molar-refractivity contribution in [2.45, 2.75) is 0 Å². The number of nitrogens with zero attached hydrogens (tertiary/aromatic N) is 1. The van der Waals surface area contributed by atoms with Crippen LogP contribution >= 0.6 is 11.6 Å². The fraction of sp³-hybridized carbons (Fsp3) is 0.125. The van der Waals surface area contributed by atoms with E-state index in [9.17, 15) is 14.9 Å². The van der Waals surface area contributed by atoms with Gasteiger partial charge in [0, 0.05) is 17.7 Å². The summed E-state index contributed by atoms with van der Waals surface area (Å²) in [5.74, 6) is -0.480.